The minimum absolute atomic E-state index is 0.486. The Hall–Kier alpha value is -0.570. The highest BCUT2D eigenvalue weighted by Crippen LogP contribution is 2.07. The number of hydrogen-bond donors (Lipinski definition) is 0. The molecular formula is C6H10ClN3. The van der Waals surface area contributed by atoms with E-state index in [4.69, 9.17) is 11.6 Å². The molecule has 0 unspecified atom stereocenters. The molecule has 10 heavy (non-hydrogen) atoms. The second-order valence-electron chi connectivity index (χ2n) is 1.98. The van der Waals surface area contributed by atoms with Crippen molar-refractivity contribution in [3.05, 3.63) is 11.1 Å². The first kappa shape index (κ1) is 7.54. The summed E-state index contributed by atoms with van der Waals surface area (Å²) in [7, 11) is 0. The molecule has 0 fully saturated rings. The molecule has 1 heterocycles. The average molecular weight is 160 g/mol. The lowest BCUT2D eigenvalue weighted by molar-refractivity contribution is 0.706. The van der Waals surface area contributed by atoms with Crippen molar-refractivity contribution in [2.45, 2.75) is 26.8 Å². The number of aromatic nitrogens is 3. The van der Waals surface area contributed by atoms with Crippen LogP contribution in [0.15, 0.2) is 0 Å². The SMILES string of the molecule is CCc1nnc(Cl)n1CC. The van der Waals surface area contributed by atoms with Crippen molar-refractivity contribution < 1.29 is 0 Å². The van der Waals surface area contributed by atoms with Crippen LogP contribution in [-0.4, -0.2) is 14.8 Å². The van der Waals surface area contributed by atoms with Gasteiger partial charge in [-0.15, -0.1) is 10.2 Å². The van der Waals surface area contributed by atoms with Gasteiger partial charge < -0.3 is 4.57 Å². The third-order valence-corrected chi connectivity index (χ3v) is 1.69. The third kappa shape index (κ3) is 1.14. The number of nitrogens with zero attached hydrogens (tertiary/aromatic N) is 3. The van der Waals surface area contributed by atoms with Crippen molar-refractivity contribution in [1.82, 2.24) is 14.8 Å². The molecule has 0 bridgehead atoms. The summed E-state index contributed by atoms with van der Waals surface area (Å²) in [6, 6.07) is 0. The van der Waals surface area contributed by atoms with Crippen LogP contribution in [0, 0.1) is 0 Å². The minimum Gasteiger partial charge on any atom is -0.302 e. The molecule has 0 aliphatic carbocycles. The van der Waals surface area contributed by atoms with Gasteiger partial charge in [0.15, 0.2) is 0 Å². The van der Waals surface area contributed by atoms with E-state index in [-0.39, 0.29) is 0 Å². The van der Waals surface area contributed by atoms with Gasteiger partial charge in [-0.25, -0.2) is 0 Å². The van der Waals surface area contributed by atoms with E-state index in [9.17, 15) is 0 Å². The van der Waals surface area contributed by atoms with Gasteiger partial charge in [-0.2, -0.15) is 0 Å². The summed E-state index contributed by atoms with van der Waals surface area (Å²) in [5.74, 6) is 0.951. The first-order chi connectivity index (χ1) is 4.79. The molecule has 3 nitrogen and oxygen atoms in total. The predicted molar refractivity (Wildman–Crippen MR) is 40.1 cm³/mol. The Kier molecular flexibility index (Phi) is 2.27. The van der Waals surface area contributed by atoms with Crippen LogP contribution in [0.1, 0.15) is 19.7 Å². The van der Waals surface area contributed by atoms with E-state index in [0.29, 0.717) is 5.28 Å². The third-order valence-electron chi connectivity index (χ3n) is 1.41. The minimum atomic E-state index is 0.486. The smallest absolute Gasteiger partial charge is 0.225 e. The quantitative estimate of drug-likeness (QED) is 0.655. The van der Waals surface area contributed by atoms with Crippen LogP contribution in [0.25, 0.3) is 0 Å². The lowest BCUT2D eigenvalue weighted by Gasteiger charge is -1.99. The monoisotopic (exact) mass is 159 g/mol. The van der Waals surface area contributed by atoms with Crippen LogP contribution in [0.3, 0.4) is 0 Å². The molecule has 0 saturated carbocycles. The molecule has 0 radical (unpaired) electrons. The molecule has 0 spiro atoms. The maximum Gasteiger partial charge on any atom is 0.225 e. The molecule has 0 atom stereocenters. The van der Waals surface area contributed by atoms with Crippen LogP contribution >= 0.6 is 11.6 Å². The van der Waals surface area contributed by atoms with Gasteiger partial charge in [0.1, 0.15) is 5.82 Å². The van der Waals surface area contributed by atoms with Gasteiger partial charge in [0, 0.05) is 13.0 Å². The normalized spacial score (nSPS) is 10.3. The topological polar surface area (TPSA) is 30.7 Å². The second kappa shape index (κ2) is 3.01. The Labute approximate surface area is 65.0 Å². The fourth-order valence-electron chi connectivity index (χ4n) is 0.888. The predicted octanol–water partition coefficient (Wildman–Crippen LogP) is 1.51. The van der Waals surface area contributed by atoms with Crippen molar-refractivity contribution in [3.8, 4) is 0 Å². The van der Waals surface area contributed by atoms with Gasteiger partial charge in [-0.05, 0) is 18.5 Å². The van der Waals surface area contributed by atoms with Crippen molar-refractivity contribution in [2.75, 3.05) is 0 Å². The first-order valence-electron chi connectivity index (χ1n) is 3.37. The fourth-order valence-corrected chi connectivity index (χ4v) is 1.14. The fraction of sp³-hybridized carbons (Fsp3) is 0.667. The van der Waals surface area contributed by atoms with Crippen LogP contribution in [-0.2, 0) is 13.0 Å². The Morgan fingerprint density at radius 3 is 2.50 bits per heavy atom. The molecule has 0 aliphatic rings. The lowest BCUT2D eigenvalue weighted by atomic mass is 10.4. The average Bonchev–Trinajstić information content (AvgIpc) is 2.30. The van der Waals surface area contributed by atoms with E-state index >= 15 is 0 Å². The number of rotatable bonds is 2. The highest BCUT2D eigenvalue weighted by atomic mass is 35.5. The van der Waals surface area contributed by atoms with Gasteiger partial charge >= 0.3 is 0 Å². The van der Waals surface area contributed by atoms with Crippen molar-refractivity contribution in [1.29, 1.82) is 0 Å². The standard InChI is InChI=1S/C6H10ClN3/c1-3-5-8-9-6(7)10(5)4-2/h3-4H2,1-2H3. The van der Waals surface area contributed by atoms with E-state index in [1.807, 2.05) is 18.4 Å². The molecule has 1 aromatic heterocycles. The zero-order valence-electron chi connectivity index (χ0n) is 6.13. The Morgan fingerprint density at radius 2 is 2.10 bits per heavy atom. The van der Waals surface area contributed by atoms with Gasteiger partial charge in [-0.3, -0.25) is 0 Å². The van der Waals surface area contributed by atoms with Crippen LogP contribution in [0.4, 0.5) is 0 Å². The summed E-state index contributed by atoms with van der Waals surface area (Å²) in [6.45, 7) is 4.90. The molecule has 1 aromatic rings. The number of aryl methyl sites for hydroxylation is 1. The van der Waals surface area contributed by atoms with Crippen LogP contribution in [0.2, 0.25) is 5.28 Å². The maximum atomic E-state index is 5.71. The Morgan fingerprint density at radius 1 is 1.40 bits per heavy atom. The van der Waals surface area contributed by atoms with Crippen molar-refractivity contribution >= 4 is 11.6 Å². The second-order valence-corrected chi connectivity index (χ2v) is 2.32. The molecule has 0 amide bonds. The molecule has 0 aromatic carbocycles. The van der Waals surface area contributed by atoms with Crippen LogP contribution in [0.5, 0.6) is 0 Å². The number of halogens is 1. The van der Waals surface area contributed by atoms with Gasteiger partial charge in [0.2, 0.25) is 5.28 Å². The Balaban J connectivity index is 3.01. The molecule has 1 rings (SSSR count). The largest absolute Gasteiger partial charge is 0.302 e. The zero-order chi connectivity index (χ0) is 7.56. The summed E-state index contributed by atoms with van der Waals surface area (Å²) in [5.41, 5.74) is 0. The van der Waals surface area contributed by atoms with Gasteiger partial charge in [0.05, 0.1) is 0 Å². The van der Waals surface area contributed by atoms with Crippen molar-refractivity contribution in [2.24, 2.45) is 0 Å². The highest BCUT2D eigenvalue weighted by molar-refractivity contribution is 6.28. The zero-order valence-corrected chi connectivity index (χ0v) is 6.89. The van der Waals surface area contributed by atoms with E-state index < -0.39 is 0 Å². The van der Waals surface area contributed by atoms with Crippen molar-refractivity contribution in [3.63, 3.8) is 0 Å². The molecule has 0 saturated heterocycles. The maximum absolute atomic E-state index is 5.71. The lowest BCUT2D eigenvalue weighted by Crippen LogP contribution is -1.99. The molecule has 4 heteroatoms. The van der Waals surface area contributed by atoms with Crippen LogP contribution < -0.4 is 0 Å². The number of hydrogen-bond acceptors (Lipinski definition) is 2. The highest BCUT2D eigenvalue weighted by Gasteiger charge is 2.04. The Bertz CT molecular complexity index is 219. The summed E-state index contributed by atoms with van der Waals surface area (Å²) in [5, 5.41) is 8.11. The first-order valence-corrected chi connectivity index (χ1v) is 3.75. The molecule has 0 aliphatic heterocycles. The van der Waals surface area contributed by atoms with E-state index in [0.717, 1.165) is 18.8 Å². The van der Waals surface area contributed by atoms with E-state index in [2.05, 4.69) is 10.2 Å². The van der Waals surface area contributed by atoms with Gasteiger partial charge in [-0.1, -0.05) is 6.92 Å². The van der Waals surface area contributed by atoms with Gasteiger partial charge in [0.25, 0.3) is 0 Å². The van der Waals surface area contributed by atoms with E-state index in [1.54, 1.807) is 0 Å². The van der Waals surface area contributed by atoms with E-state index in [1.165, 1.54) is 0 Å². The molecular weight excluding hydrogens is 150 g/mol. The summed E-state index contributed by atoms with van der Waals surface area (Å²) in [6.07, 6.45) is 0.882. The summed E-state index contributed by atoms with van der Waals surface area (Å²) < 4.78 is 1.89. The summed E-state index contributed by atoms with van der Waals surface area (Å²) >= 11 is 5.71. The summed E-state index contributed by atoms with van der Waals surface area (Å²) in [4.78, 5) is 0. The molecule has 56 valence electrons. The molecule has 0 N–H and O–H groups in total.